The standard InChI is InChI=1S/C11H16N2/c1-5-9-6-11(2,3)8-13-7-10(9)12-4/h5-8,12H,1H2,2-4H3. The van der Waals surface area contributed by atoms with Gasteiger partial charge in [0.1, 0.15) is 0 Å². The van der Waals surface area contributed by atoms with Crippen LogP contribution in [0.25, 0.3) is 0 Å². The van der Waals surface area contributed by atoms with E-state index in [0.29, 0.717) is 0 Å². The van der Waals surface area contributed by atoms with Gasteiger partial charge in [-0.3, -0.25) is 4.99 Å². The summed E-state index contributed by atoms with van der Waals surface area (Å²) in [4.78, 5) is 4.22. The number of allylic oxidation sites excluding steroid dienone is 2. The van der Waals surface area contributed by atoms with Gasteiger partial charge in [0.05, 0.1) is 11.9 Å². The minimum Gasteiger partial charge on any atom is -0.386 e. The second-order valence-electron chi connectivity index (χ2n) is 3.70. The first-order valence-corrected chi connectivity index (χ1v) is 4.37. The Morgan fingerprint density at radius 1 is 1.54 bits per heavy atom. The maximum atomic E-state index is 4.22. The van der Waals surface area contributed by atoms with Crippen LogP contribution in [-0.2, 0) is 0 Å². The minimum absolute atomic E-state index is 0.00137. The van der Waals surface area contributed by atoms with E-state index in [1.54, 1.807) is 0 Å². The molecular formula is C11H16N2. The summed E-state index contributed by atoms with van der Waals surface area (Å²) in [6.45, 7) is 8.02. The Labute approximate surface area is 79.8 Å². The van der Waals surface area contributed by atoms with Gasteiger partial charge in [0.2, 0.25) is 0 Å². The van der Waals surface area contributed by atoms with Crippen LogP contribution in [0.3, 0.4) is 0 Å². The average Bonchev–Trinajstić information content (AvgIpc) is 2.22. The van der Waals surface area contributed by atoms with Crippen LogP contribution in [0.4, 0.5) is 0 Å². The first-order valence-electron chi connectivity index (χ1n) is 4.37. The molecule has 0 atom stereocenters. The first-order chi connectivity index (χ1) is 6.09. The van der Waals surface area contributed by atoms with Gasteiger partial charge in [0.15, 0.2) is 0 Å². The molecule has 1 N–H and O–H groups in total. The Hall–Kier alpha value is -1.31. The van der Waals surface area contributed by atoms with Crippen LogP contribution in [0, 0.1) is 5.41 Å². The average molecular weight is 176 g/mol. The number of likely N-dealkylation sites (N-methyl/N-ethyl adjacent to an activating group) is 1. The van der Waals surface area contributed by atoms with Crippen LogP contribution in [0.2, 0.25) is 0 Å². The molecule has 2 heteroatoms. The second kappa shape index (κ2) is 3.60. The van der Waals surface area contributed by atoms with Crippen molar-refractivity contribution in [2.75, 3.05) is 7.05 Å². The Morgan fingerprint density at radius 2 is 2.23 bits per heavy atom. The van der Waals surface area contributed by atoms with Gasteiger partial charge >= 0.3 is 0 Å². The third-order valence-corrected chi connectivity index (χ3v) is 1.94. The molecule has 0 aromatic heterocycles. The van der Waals surface area contributed by atoms with Gasteiger partial charge < -0.3 is 5.32 Å². The van der Waals surface area contributed by atoms with E-state index in [1.165, 1.54) is 0 Å². The smallest absolute Gasteiger partial charge is 0.0593 e. The molecule has 0 unspecified atom stereocenters. The molecule has 0 bridgehead atoms. The summed E-state index contributed by atoms with van der Waals surface area (Å²) in [5.74, 6) is 0. The molecule has 0 aromatic carbocycles. The van der Waals surface area contributed by atoms with Gasteiger partial charge in [0, 0.05) is 18.7 Å². The Morgan fingerprint density at radius 3 is 2.77 bits per heavy atom. The van der Waals surface area contributed by atoms with Gasteiger partial charge in [-0.1, -0.05) is 32.6 Å². The van der Waals surface area contributed by atoms with Gasteiger partial charge in [-0.2, -0.15) is 0 Å². The third kappa shape index (κ3) is 2.31. The zero-order valence-electron chi connectivity index (χ0n) is 8.46. The molecule has 1 aliphatic rings. The van der Waals surface area contributed by atoms with E-state index in [-0.39, 0.29) is 5.41 Å². The Kier molecular flexibility index (Phi) is 2.71. The number of hydrogen-bond acceptors (Lipinski definition) is 2. The van der Waals surface area contributed by atoms with Crippen molar-refractivity contribution in [2.24, 2.45) is 10.4 Å². The van der Waals surface area contributed by atoms with Gasteiger partial charge in [-0.25, -0.2) is 0 Å². The van der Waals surface area contributed by atoms with Crippen LogP contribution >= 0.6 is 0 Å². The fourth-order valence-corrected chi connectivity index (χ4v) is 1.27. The molecule has 1 aliphatic heterocycles. The predicted octanol–water partition coefficient (Wildman–Crippen LogP) is 2.27. The van der Waals surface area contributed by atoms with Crippen LogP contribution < -0.4 is 5.32 Å². The highest BCUT2D eigenvalue weighted by atomic mass is 14.9. The molecule has 70 valence electrons. The summed E-state index contributed by atoms with van der Waals surface area (Å²) in [7, 11) is 1.89. The lowest BCUT2D eigenvalue weighted by atomic mass is 9.92. The maximum Gasteiger partial charge on any atom is 0.0593 e. The molecule has 0 fully saturated rings. The third-order valence-electron chi connectivity index (χ3n) is 1.94. The molecular weight excluding hydrogens is 160 g/mol. The van der Waals surface area contributed by atoms with Gasteiger partial charge in [-0.15, -0.1) is 0 Å². The quantitative estimate of drug-likeness (QED) is 0.685. The molecule has 0 spiro atoms. The van der Waals surface area contributed by atoms with Crippen molar-refractivity contribution in [2.45, 2.75) is 13.8 Å². The lowest BCUT2D eigenvalue weighted by molar-refractivity contribution is 0.691. The van der Waals surface area contributed by atoms with Crippen LogP contribution in [-0.4, -0.2) is 13.3 Å². The van der Waals surface area contributed by atoms with E-state index in [2.05, 4.69) is 36.8 Å². The molecule has 13 heavy (non-hydrogen) atoms. The minimum atomic E-state index is -0.00137. The van der Waals surface area contributed by atoms with Crippen molar-refractivity contribution >= 4 is 6.21 Å². The highest BCUT2D eigenvalue weighted by molar-refractivity contribution is 5.70. The predicted molar refractivity (Wildman–Crippen MR) is 57.7 cm³/mol. The van der Waals surface area contributed by atoms with Crippen LogP contribution in [0.15, 0.2) is 41.2 Å². The first kappa shape index (κ1) is 9.78. The van der Waals surface area contributed by atoms with Crippen molar-refractivity contribution in [1.82, 2.24) is 5.32 Å². The van der Waals surface area contributed by atoms with E-state index in [0.717, 1.165) is 11.3 Å². The van der Waals surface area contributed by atoms with E-state index in [9.17, 15) is 0 Å². The maximum absolute atomic E-state index is 4.22. The SMILES string of the molecule is C=CC1=CC(C)(C)C=NC=C1NC. The van der Waals surface area contributed by atoms with Crippen molar-refractivity contribution in [1.29, 1.82) is 0 Å². The van der Waals surface area contributed by atoms with Crippen molar-refractivity contribution < 1.29 is 0 Å². The van der Waals surface area contributed by atoms with E-state index in [4.69, 9.17) is 0 Å². The largest absolute Gasteiger partial charge is 0.386 e. The Bertz CT molecular complexity index is 293. The molecule has 0 amide bonds. The summed E-state index contributed by atoms with van der Waals surface area (Å²) in [6.07, 6.45) is 7.75. The molecule has 0 aromatic rings. The number of nitrogens with zero attached hydrogens (tertiary/aromatic N) is 1. The van der Waals surface area contributed by atoms with Crippen molar-refractivity contribution in [3.8, 4) is 0 Å². The summed E-state index contributed by atoms with van der Waals surface area (Å²) < 4.78 is 0. The van der Waals surface area contributed by atoms with E-state index >= 15 is 0 Å². The molecule has 0 aliphatic carbocycles. The molecule has 0 radical (unpaired) electrons. The highest BCUT2D eigenvalue weighted by Gasteiger charge is 2.15. The summed E-state index contributed by atoms with van der Waals surface area (Å²) in [6, 6.07) is 0. The molecule has 0 saturated carbocycles. The number of rotatable bonds is 2. The zero-order chi connectivity index (χ0) is 9.90. The zero-order valence-corrected chi connectivity index (χ0v) is 8.46. The van der Waals surface area contributed by atoms with Crippen molar-refractivity contribution in [3.63, 3.8) is 0 Å². The summed E-state index contributed by atoms with van der Waals surface area (Å²) in [5, 5.41) is 3.09. The summed E-state index contributed by atoms with van der Waals surface area (Å²) >= 11 is 0. The fourth-order valence-electron chi connectivity index (χ4n) is 1.27. The highest BCUT2D eigenvalue weighted by Crippen LogP contribution is 2.22. The lowest BCUT2D eigenvalue weighted by Gasteiger charge is -2.14. The van der Waals surface area contributed by atoms with Crippen LogP contribution in [0.1, 0.15) is 13.8 Å². The topological polar surface area (TPSA) is 24.4 Å². The number of nitrogens with one attached hydrogen (secondary N) is 1. The molecule has 0 saturated heterocycles. The monoisotopic (exact) mass is 176 g/mol. The van der Waals surface area contributed by atoms with Gasteiger partial charge in [0.25, 0.3) is 0 Å². The Balaban J connectivity index is 3.10. The molecule has 1 heterocycles. The molecule has 2 nitrogen and oxygen atoms in total. The van der Waals surface area contributed by atoms with Crippen LogP contribution in [0.5, 0.6) is 0 Å². The van der Waals surface area contributed by atoms with E-state index < -0.39 is 0 Å². The fraction of sp³-hybridized carbons (Fsp3) is 0.364. The summed E-state index contributed by atoms with van der Waals surface area (Å²) in [5.41, 5.74) is 2.11. The van der Waals surface area contributed by atoms with Crippen molar-refractivity contribution in [3.05, 3.63) is 36.2 Å². The second-order valence-corrected chi connectivity index (χ2v) is 3.70. The lowest BCUT2D eigenvalue weighted by Crippen LogP contribution is -2.11. The molecule has 1 rings (SSSR count). The number of aliphatic imine (C=N–C) groups is 1. The van der Waals surface area contributed by atoms with Gasteiger partial charge in [-0.05, 0) is 5.57 Å². The normalized spacial score (nSPS) is 19.9. The van der Waals surface area contributed by atoms with E-state index in [1.807, 2.05) is 25.5 Å². The number of hydrogen-bond donors (Lipinski definition) is 1.